The van der Waals surface area contributed by atoms with Gasteiger partial charge in [0.2, 0.25) is 0 Å². The monoisotopic (exact) mass is 377 g/mol. The van der Waals surface area contributed by atoms with Crippen LogP contribution in [0.2, 0.25) is 0 Å². The van der Waals surface area contributed by atoms with Crippen molar-refractivity contribution in [1.29, 1.82) is 0 Å². The maximum absolute atomic E-state index is 12.7. The number of H-pyrrole nitrogens is 1. The molecule has 0 bridgehead atoms. The minimum atomic E-state index is -0.691. The second-order valence-corrected chi connectivity index (χ2v) is 5.99. The molecule has 6 nitrogen and oxygen atoms in total. The Labute approximate surface area is 141 Å². The summed E-state index contributed by atoms with van der Waals surface area (Å²) in [7, 11) is 0. The predicted molar refractivity (Wildman–Crippen MR) is 90.6 cm³/mol. The summed E-state index contributed by atoms with van der Waals surface area (Å²) in [5.74, 6) is -0.733. The molecule has 0 aliphatic heterocycles. The number of carbonyl (C=O) groups is 2. The Morgan fingerprint density at radius 1 is 1.30 bits per heavy atom. The average molecular weight is 378 g/mol. The summed E-state index contributed by atoms with van der Waals surface area (Å²) >= 11 is 3.34. The normalized spacial score (nSPS) is 11.4. The minimum absolute atomic E-state index is 0.129. The first-order valence-electron chi connectivity index (χ1n) is 6.82. The Morgan fingerprint density at radius 2 is 2.00 bits per heavy atom. The van der Waals surface area contributed by atoms with Crippen LogP contribution >= 0.6 is 15.9 Å². The SMILES string of the molecule is CC(N)=NOC(=O)c1[nH]c(C)c(C(=O)c2cccc(Br)c2)c1C. The number of aromatic amines is 1. The van der Waals surface area contributed by atoms with E-state index in [0.29, 0.717) is 22.4 Å². The van der Waals surface area contributed by atoms with Crippen LogP contribution in [0.25, 0.3) is 0 Å². The summed E-state index contributed by atoms with van der Waals surface area (Å²) in [6, 6.07) is 7.07. The molecule has 3 N–H and O–H groups in total. The Morgan fingerprint density at radius 3 is 2.61 bits per heavy atom. The average Bonchev–Trinajstić information content (AvgIpc) is 2.79. The van der Waals surface area contributed by atoms with Gasteiger partial charge in [0.15, 0.2) is 5.78 Å². The van der Waals surface area contributed by atoms with Crippen molar-refractivity contribution in [3.63, 3.8) is 0 Å². The van der Waals surface area contributed by atoms with Gasteiger partial charge in [-0.2, -0.15) is 0 Å². The molecule has 0 radical (unpaired) electrons. The molecule has 0 saturated carbocycles. The first-order chi connectivity index (χ1) is 10.8. The van der Waals surface area contributed by atoms with Crippen molar-refractivity contribution in [2.45, 2.75) is 20.8 Å². The van der Waals surface area contributed by atoms with Crippen molar-refractivity contribution in [1.82, 2.24) is 4.98 Å². The second-order valence-electron chi connectivity index (χ2n) is 5.08. The fourth-order valence-electron chi connectivity index (χ4n) is 2.23. The lowest BCUT2D eigenvalue weighted by Crippen LogP contribution is -2.10. The van der Waals surface area contributed by atoms with E-state index in [0.717, 1.165) is 4.47 Å². The van der Waals surface area contributed by atoms with Gasteiger partial charge in [0, 0.05) is 21.3 Å². The molecular formula is C16H16BrN3O3. The summed E-state index contributed by atoms with van der Waals surface area (Å²) in [5, 5.41) is 3.43. The zero-order chi connectivity index (χ0) is 17.1. The third-order valence-electron chi connectivity index (χ3n) is 3.23. The number of rotatable bonds is 4. The molecule has 1 heterocycles. The van der Waals surface area contributed by atoms with Crippen LogP contribution in [0.5, 0.6) is 0 Å². The highest BCUT2D eigenvalue weighted by Gasteiger charge is 2.24. The summed E-state index contributed by atoms with van der Waals surface area (Å²) in [4.78, 5) is 32.3. The van der Waals surface area contributed by atoms with E-state index in [1.807, 2.05) is 6.07 Å². The number of hydrogen-bond donors (Lipinski definition) is 2. The topological polar surface area (TPSA) is 97.5 Å². The predicted octanol–water partition coefficient (Wildman–Crippen LogP) is 3.07. The molecule has 7 heteroatoms. The number of carbonyl (C=O) groups excluding carboxylic acids is 2. The number of nitrogens with one attached hydrogen (secondary N) is 1. The van der Waals surface area contributed by atoms with E-state index >= 15 is 0 Å². The van der Waals surface area contributed by atoms with Gasteiger partial charge in [-0.1, -0.05) is 33.2 Å². The summed E-state index contributed by atoms with van der Waals surface area (Å²) in [5.41, 5.74) is 7.60. The molecule has 23 heavy (non-hydrogen) atoms. The number of benzene rings is 1. The van der Waals surface area contributed by atoms with E-state index in [-0.39, 0.29) is 17.3 Å². The van der Waals surface area contributed by atoms with Gasteiger partial charge in [-0.25, -0.2) is 4.79 Å². The molecule has 0 atom stereocenters. The van der Waals surface area contributed by atoms with E-state index in [2.05, 4.69) is 26.1 Å². The smallest absolute Gasteiger partial charge is 0.382 e. The Bertz CT molecular complexity index is 805. The van der Waals surface area contributed by atoms with Crippen molar-refractivity contribution in [3.05, 3.63) is 56.8 Å². The van der Waals surface area contributed by atoms with E-state index in [1.165, 1.54) is 6.92 Å². The van der Waals surface area contributed by atoms with Crippen LogP contribution in [0.15, 0.2) is 33.9 Å². The van der Waals surface area contributed by atoms with E-state index in [9.17, 15) is 9.59 Å². The third kappa shape index (κ3) is 3.68. The Balaban J connectivity index is 2.40. The Kier molecular flexibility index (Phi) is 5.00. The summed E-state index contributed by atoms with van der Waals surface area (Å²) in [6.07, 6.45) is 0. The van der Waals surface area contributed by atoms with Crippen molar-refractivity contribution >= 4 is 33.5 Å². The molecule has 1 aromatic carbocycles. The van der Waals surface area contributed by atoms with Gasteiger partial charge in [0.05, 0.1) is 0 Å². The molecule has 0 unspecified atom stereocenters. The highest BCUT2D eigenvalue weighted by Crippen LogP contribution is 2.23. The largest absolute Gasteiger partial charge is 0.385 e. The number of amidine groups is 1. The lowest BCUT2D eigenvalue weighted by molar-refractivity contribution is 0.0508. The van der Waals surface area contributed by atoms with Crippen LogP contribution in [-0.2, 0) is 4.84 Å². The van der Waals surface area contributed by atoms with Crippen LogP contribution < -0.4 is 5.73 Å². The summed E-state index contributed by atoms with van der Waals surface area (Å²) < 4.78 is 0.807. The quantitative estimate of drug-likeness (QED) is 0.281. The van der Waals surface area contributed by atoms with Crippen molar-refractivity contribution in [2.75, 3.05) is 0 Å². The number of aromatic nitrogens is 1. The molecule has 120 valence electrons. The summed E-state index contributed by atoms with van der Waals surface area (Å²) in [6.45, 7) is 4.92. The highest BCUT2D eigenvalue weighted by atomic mass is 79.9. The number of hydrogen-bond acceptors (Lipinski definition) is 4. The molecule has 0 aliphatic rings. The van der Waals surface area contributed by atoms with Crippen molar-refractivity contribution in [2.24, 2.45) is 10.9 Å². The van der Waals surface area contributed by atoms with Gasteiger partial charge < -0.3 is 15.6 Å². The molecule has 0 fully saturated rings. The van der Waals surface area contributed by atoms with Crippen molar-refractivity contribution in [3.8, 4) is 0 Å². The lowest BCUT2D eigenvalue weighted by atomic mass is 10.00. The molecule has 0 amide bonds. The van der Waals surface area contributed by atoms with Crippen LogP contribution in [0, 0.1) is 13.8 Å². The van der Waals surface area contributed by atoms with Gasteiger partial charge in [0.25, 0.3) is 0 Å². The standard InChI is InChI=1S/C16H16BrN3O3/c1-8-13(15(21)11-5-4-6-12(17)7-11)9(2)19-14(8)16(22)23-20-10(3)18/h4-7,19H,1-3H3,(H2,18,20). The first kappa shape index (κ1) is 17.0. The maximum atomic E-state index is 12.7. The zero-order valence-corrected chi connectivity index (χ0v) is 14.5. The lowest BCUT2D eigenvalue weighted by Gasteiger charge is -2.03. The molecule has 0 spiro atoms. The van der Waals surface area contributed by atoms with Gasteiger partial charge in [-0.3, -0.25) is 4.79 Å². The number of ketones is 1. The maximum Gasteiger partial charge on any atom is 0.382 e. The fraction of sp³-hybridized carbons (Fsp3) is 0.188. The fourth-order valence-corrected chi connectivity index (χ4v) is 2.63. The molecule has 0 saturated heterocycles. The van der Waals surface area contributed by atoms with E-state index in [4.69, 9.17) is 10.6 Å². The zero-order valence-electron chi connectivity index (χ0n) is 12.9. The molecule has 2 rings (SSSR count). The number of nitrogens with zero attached hydrogens (tertiary/aromatic N) is 1. The third-order valence-corrected chi connectivity index (χ3v) is 3.72. The van der Waals surface area contributed by atoms with Gasteiger partial charge in [0.1, 0.15) is 11.5 Å². The number of aryl methyl sites for hydroxylation is 1. The number of halogens is 1. The first-order valence-corrected chi connectivity index (χ1v) is 7.61. The second kappa shape index (κ2) is 6.78. The van der Waals surface area contributed by atoms with Crippen LogP contribution in [-0.4, -0.2) is 22.6 Å². The molecular weight excluding hydrogens is 362 g/mol. The number of nitrogens with two attached hydrogens (primary N) is 1. The molecule has 1 aromatic heterocycles. The Hall–Kier alpha value is -2.41. The van der Waals surface area contributed by atoms with E-state index < -0.39 is 5.97 Å². The van der Waals surface area contributed by atoms with Crippen LogP contribution in [0.4, 0.5) is 0 Å². The van der Waals surface area contributed by atoms with Gasteiger partial charge in [-0.05, 0) is 38.5 Å². The van der Waals surface area contributed by atoms with Gasteiger partial charge >= 0.3 is 5.97 Å². The molecule has 0 aliphatic carbocycles. The van der Waals surface area contributed by atoms with E-state index in [1.54, 1.807) is 32.0 Å². The van der Waals surface area contributed by atoms with Gasteiger partial charge in [-0.15, -0.1) is 0 Å². The van der Waals surface area contributed by atoms with Crippen LogP contribution in [0.3, 0.4) is 0 Å². The van der Waals surface area contributed by atoms with Crippen molar-refractivity contribution < 1.29 is 14.4 Å². The highest BCUT2D eigenvalue weighted by molar-refractivity contribution is 9.10. The number of oxime groups is 1. The minimum Gasteiger partial charge on any atom is -0.385 e. The molecule has 2 aromatic rings. The van der Waals surface area contributed by atoms with Crippen LogP contribution in [0.1, 0.15) is 44.6 Å².